The molecule has 2 fully saturated rings. The van der Waals surface area contributed by atoms with Gasteiger partial charge >= 0.3 is 0 Å². The van der Waals surface area contributed by atoms with Crippen molar-refractivity contribution in [1.82, 2.24) is 9.80 Å². The highest BCUT2D eigenvalue weighted by molar-refractivity contribution is 6.10. The number of hydrogen-bond acceptors (Lipinski definition) is 8. The van der Waals surface area contributed by atoms with Gasteiger partial charge in [0.05, 0.1) is 44.7 Å². The zero-order valence-electron chi connectivity index (χ0n) is 22.9. The predicted octanol–water partition coefficient (Wildman–Crippen LogP) is 2.73. The largest absolute Gasteiger partial charge is 0.352 e. The highest BCUT2D eigenvalue weighted by Gasteiger charge is 2.42. The van der Waals surface area contributed by atoms with Gasteiger partial charge in [0.25, 0.3) is 11.8 Å². The molecule has 0 unspecified atom stereocenters. The van der Waals surface area contributed by atoms with E-state index < -0.39 is 18.0 Å². The van der Waals surface area contributed by atoms with Crippen LogP contribution in [0.4, 0.5) is 0 Å². The van der Waals surface area contributed by atoms with Gasteiger partial charge in [-0.15, -0.1) is 0 Å². The summed E-state index contributed by atoms with van der Waals surface area (Å²) in [6.07, 6.45) is 1.96. The molecule has 10 nitrogen and oxygen atoms in total. The number of amides is 4. The lowest BCUT2D eigenvalue weighted by Crippen LogP contribution is -2.52. The smallest absolute Gasteiger partial charge is 0.260 e. The zero-order valence-corrected chi connectivity index (χ0v) is 22.9. The lowest BCUT2D eigenvalue weighted by molar-refractivity contribution is -0.304. The molecule has 41 heavy (non-hydrogen) atoms. The average Bonchev–Trinajstić information content (AvgIpc) is 2.98. The third kappa shape index (κ3) is 5.83. The predicted molar refractivity (Wildman–Crippen MR) is 145 cm³/mol. The molecule has 2 saturated heterocycles. The van der Waals surface area contributed by atoms with Gasteiger partial charge in [0.1, 0.15) is 0 Å². The van der Waals surface area contributed by atoms with E-state index in [1.54, 1.807) is 12.1 Å². The van der Waals surface area contributed by atoms with Gasteiger partial charge in [-0.1, -0.05) is 36.4 Å². The van der Waals surface area contributed by atoms with Crippen LogP contribution in [0.5, 0.6) is 0 Å². The standard InChI is InChI=1S/C31H34N2O8/c34-25-15-21-7-1-3-9-23(21)29(36)32(25)13-5-11-27-38-17-31(18-39-27)19-40-28(41-20-31)12-6-14-33-26(35)16-22-8-2-4-10-24(22)30(33)37/h1-4,7-10,27-28H,5-6,11-20H2. The molecule has 4 heterocycles. The Morgan fingerprint density at radius 1 is 0.610 bits per heavy atom. The molecule has 0 N–H and O–H groups in total. The first-order valence-corrected chi connectivity index (χ1v) is 14.2. The average molecular weight is 563 g/mol. The van der Waals surface area contributed by atoms with E-state index in [0.29, 0.717) is 76.3 Å². The molecular weight excluding hydrogens is 528 g/mol. The Morgan fingerprint density at radius 2 is 1.00 bits per heavy atom. The maximum Gasteiger partial charge on any atom is 0.260 e. The van der Waals surface area contributed by atoms with Crippen molar-refractivity contribution in [1.29, 1.82) is 0 Å². The fraction of sp³-hybridized carbons (Fsp3) is 0.484. The Balaban J connectivity index is 0.896. The number of benzene rings is 2. The number of imide groups is 2. The molecule has 2 aromatic rings. The molecule has 4 aliphatic heterocycles. The molecule has 4 amide bonds. The molecule has 1 spiro atoms. The van der Waals surface area contributed by atoms with E-state index in [0.717, 1.165) is 11.1 Å². The van der Waals surface area contributed by atoms with Crippen LogP contribution in [-0.2, 0) is 41.4 Å². The van der Waals surface area contributed by atoms with E-state index >= 15 is 0 Å². The second kappa shape index (κ2) is 11.8. The molecule has 0 radical (unpaired) electrons. The van der Waals surface area contributed by atoms with E-state index in [2.05, 4.69) is 0 Å². The highest BCUT2D eigenvalue weighted by Crippen LogP contribution is 2.32. The fourth-order valence-corrected chi connectivity index (χ4v) is 5.84. The quantitative estimate of drug-likeness (QED) is 0.452. The van der Waals surface area contributed by atoms with Crippen molar-refractivity contribution in [3.63, 3.8) is 0 Å². The Hall–Kier alpha value is -3.44. The third-order valence-corrected chi connectivity index (χ3v) is 8.22. The maximum absolute atomic E-state index is 12.7. The minimum absolute atomic E-state index is 0.177. The fourth-order valence-electron chi connectivity index (χ4n) is 5.84. The number of fused-ring (bicyclic) bond motifs is 2. The van der Waals surface area contributed by atoms with Crippen molar-refractivity contribution in [2.45, 2.75) is 51.1 Å². The van der Waals surface area contributed by atoms with Crippen LogP contribution >= 0.6 is 0 Å². The number of carbonyl (C=O) groups excluding carboxylic acids is 4. The monoisotopic (exact) mass is 562 g/mol. The molecule has 0 saturated carbocycles. The van der Waals surface area contributed by atoms with E-state index in [1.165, 1.54) is 9.80 Å². The Morgan fingerprint density at radius 3 is 1.41 bits per heavy atom. The van der Waals surface area contributed by atoms with Crippen LogP contribution < -0.4 is 0 Å². The summed E-state index contributed by atoms with van der Waals surface area (Å²) in [5.74, 6) is -0.842. The summed E-state index contributed by atoms with van der Waals surface area (Å²) in [6, 6.07) is 14.5. The normalized spacial score (nSPS) is 26.3. The second-order valence-corrected chi connectivity index (χ2v) is 11.3. The van der Waals surface area contributed by atoms with Gasteiger partial charge in [-0.3, -0.25) is 29.0 Å². The molecule has 0 bridgehead atoms. The Kier molecular flexibility index (Phi) is 7.99. The van der Waals surface area contributed by atoms with Crippen LogP contribution in [0.3, 0.4) is 0 Å². The van der Waals surface area contributed by atoms with Crippen LogP contribution in [0.25, 0.3) is 0 Å². The molecule has 4 aliphatic rings. The molecule has 10 heteroatoms. The Labute approximate surface area is 238 Å². The molecule has 0 aliphatic carbocycles. The van der Waals surface area contributed by atoms with Gasteiger partial charge in [0, 0.05) is 37.1 Å². The van der Waals surface area contributed by atoms with Gasteiger partial charge < -0.3 is 18.9 Å². The minimum atomic E-state index is -0.412. The van der Waals surface area contributed by atoms with Gasteiger partial charge in [0.2, 0.25) is 11.8 Å². The van der Waals surface area contributed by atoms with Crippen LogP contribution in [0.1, 0.15) is 57.5 Å². The highest BCUT2D eigenvalue weighted by atomic mass is 16.7. The first-order valence-electron chi connectivity index (χ1n) is 14.2. The van der Waals surface area contributed by atoms with Crippen LogP contribution in [-0.4, -0.2) is 85.5 Å². The second-order valence-electron chi connectivity index (χ2n) is 11.3. The molecule has 6 rings (SSSR count). The number of ether oxygens (including phenoxy) is 4. The molecule has 216 valence electrons. The summed E-state index contributed by atoms with van der Waals surface area (Å²) in [5.41, 5.74) is 2.35. The van der Waals surface area contributed by atoms with E-state index in [1.807, 2.05) is 36.4 Å². The molecule has 0 aromatic heterocycles. The van der Waals surface area contributed by atoms with Crippen molar-refractivity contribution in [3.8, 4) is 0 Å². The topological polar surface area (TPSA) is 112 Å². The summed E-state index contributed by atoms with van der Waals surface area (Å²) in [6.45, 7) is 2.36. The van der Waals surface area contributed by atoms with Gasteiger partial charge in [0.15, 0.2) is 12.6 Å². The van der Waals surface area contributed by atoms with Crippen molar-refractivity contribution in [3.05, 3.63) is 70.8 Å². The van der Waals surface area contributed by atoms with Gasteiger partial charge in [-0.2, -0.15) is 0 Å². The Bertz CT molecular complexity index is 1220. The third-order valence-electron chi connectivity index (χ3n) is 8.22. The summed E-state index contributed by atoms with van der Waals surface area (Å²) in [7, 11) is 0. The summed E-state index contributed by atoms with van der Waals surface area (Å²) >= 11 is 0. The van der Waals surface area contributed by atoms with Gasteiger partial charge in [-0.25, -0.2) is 0 Å². The number of carbonyl (C=O) groups is 4. The van der Waals surface area contributed by atoms with Crippen LogP contribution in [0, 0.1) is 5.41 Å². The van der Waals surface area contributed by atoms with E-state index in [4.69, 9.17) is 18.9 Å². The minimum Gasteiger partial charge on any atom is -0.352 e. The number of nitrogens with zero attached hydrogens (tertiary/aromatic N) is 2. The first kappa shape index (κ1) is 27.7. The van der Waals surface area contributed by atoms with E-state index in [9.17, 15) is 19.2 Å². The SMILES string of the molecule is O=C1Cc2ccccc2C(=O)N1CCCC1OCC2(CO1)COC(CCCN1C(=O)Cc3ccccc3C1=O)OC2. The van der Waals surface area contributed by atoms with Crippen molar-refractivity contribution in [2.75, 3.05) is 39.5 Å². The molecule has 0 atom stereocenters. The number of rotatable bonds is 8. The summed E-state index contributed by atoms with van der Waals surface area (Å²) in [4.78, 5) is 53.1. The van der Waals surface area contributed by atoms with E-state index in [-0.39, 0.29) is 36.5 Å². The van der Waals surface area contributed by atoms with Crippen LogP contribution in [0.2, 0.25) is 0 Å². The van der Waals surface area contributed by atoms with Crippen LogP contribution in [0.15, 0.2) is 48.5 Å². The molecule has 2 aromatic carbocycles. The molecular formula is C31H34N2O8. The van der Waals surface area contributed by atoms with Crippen molar-refractivity contribution < 1.29 is 38.1 Å². The number of hydrogen-bond donors (Lipinski definition) is 0. The van der Waals surface area contributed by atoms with Gasteiger partial charge in [-0.05, 0) is 36.1 Å². The lowest BCUT2D eigenvalue weighted by Gasteiger charge is -2.44. The summed E-state index contributed by atoms with van der Waals surface area (Å²) < 4.78 is 23.9. The maximum atomic E-state index is 12.7. The van der Waals surface area contributed by atoms with Crippen molar-refractivity contribution in [2.24, 2.45) is 5.41 Å². The lowest BCUT2D eigenvalue weighted by atomic mass is 9.90. The summed E-state index contributed by atoms with van der Waals surface area (Å²) in [5, 5.41) is 0. The first-order chi connectivity index (χ1) is 19.9. The zero-order chi connectivity index (χ0) is 28.4. The van der Waals surface area contributed by atoms with Crippen molar-refractivity contribution >= 4 is 23.6 Å².